The molecule has 0 radical (unpaired) electrons. The Balaban J connectivity index is 1.83. The molecule has 0 aliphatic carbocycles. The molecule has 0 spiro atoms. The summed E-state index contributed by atoms with van der Waals surface area (Å²) in [6.07, 6.45) is 1.99. The maximum absolute atomic E-state index is 12.7. The molecule has 0 saturated carbocycles. The first-order valence-electron chi connectivity index (χ1n) is 12.3. The van der Waals surface area contributed by atoms with Crippen molar-refractivity contribution in [3.8, 4) is 0 Å². The molecule has 3 aromatic heterocycles. The Morgan fingerprint density at radius 1 is 1.19 bits per heavy atom. The number of carbonyl (C=O) groups is 1. The molecule has 0 bridgehead atoms. The molecule has 0 fully saturated rings. The van der Waals surface area contributed by atoms with Gasteiger partial charge >= 0.3 is 6.09 Å². The van der Waals surface area contributed by atoms with Gasteiger partial charge in [0.15, 0.2) is 8.32 Å². The van der Waals surface area contributed by atoms with Crippen molar-refractivity contribution in [3.63, 3.8) is 0 Å². The summed E-state index contributed by atoms with van der Waals surface area (Å²) in [5.74, 6) is 0. The number of carbonyl (C=O) groups excluding carboxylic acids is 1. The highest BCUT2D eigenvalue weighted by Gasteiger charge is 2.38. The first-order chi connectivity index (χ1) is 16.7. The van der Waals surface area contributed by atoms with E-state index in [0.717, 1.165) is 32.9 Å². The van der Waals surface area contributed by atoms with Gasteiger partial charge in [-0.1, -0.05) is 26.8 Å². The predicted molar refractivity (Wildman–Crippen MR) is 154 cm³/mol. The molecular weight excluding hydrogens is 509 g/mol. The lowest BCUT2D eigenvalue weighted by Gasteiger charge is -2.37. The van der Waals surface area contributed by atoms with Crippen molar-refractivity contribution in [2.75, 3.05) is 11.9 Å². The predicted octanol–water partition coefficient (Wildman–Crippen LogP) is 7.13. The van der Waals surface area contributed by atoms with Crippen LogP contribution in [-0.2, 0) is 22.1 Å². The summed E-state index contributed by atoms with van der Waals surface area (Å²) in [4.78, 5) is 15.1. The van der Waals surface area contributed by atoms with Crippen LogP contribution in [0.2, 0.25) is 18.1 Å². The first-order valence-corrected chi connectivity index (χ1v) is 16.9. The highest BCUT2D eigenvalue weighted by molar-refractivity contribution is 7.19. The van der Waals surface area contributed by atoms with Crippen molar-refractivity contribution in [2.45, 2.75) is 91.2 Å². The highest BCUT2D eigenvalue weighted by Crippen LogP contribution is 2.37. The van der Waals surface area contributed by atoms with Crippen molar-refractivity contribution in [1.82, 2.24) is 15.5 Å². The molecule has 198 valence electrons. The van der Waals surface area contributed by atoms with Gasteiger partial charge in [0.05, 0.1) is 29.2 Å². The Labute approximate surface area is 224 Å². The lowest BCUT2D eigenvalue weighted by molar-refractivity contribution is 0.0485. The molecule has 0 saturated heterocycles. The number of nitrogens with one attached hydrogen (secondary N) is 2. The number of nitrogens with zero attached hydrogens (tertiary/aromatic N) is 2. The minimum Gasteiger partial charge on any atom is -0.444 e. The Morgan fingerprint density at radius 3 is 2.53 bits per heavy atom. The molecule has 1 amide bonds. The van der Waals surface area contributed by atoms with Crippen molar-refractivity contribution in [1.29, 1.82) is 0 Å². The van der Waals surface area contributed by atoms with Crippen LogP contribution in [0, 0.1) is 6.92 Å². The molecule has 7 nitrogen and oxygen atoms in total. The monoisotopic (exact) mass is 548 g/mol. The average molecular weight is 549 g/mol. The van der Waals surface area contributed by atoms with Crippen LogP contribution < -0.4 is 10.6 Å². The molecule has 36 heavy (non-hydrogen) atoms. The molecule has 3 rings (SSSR count). The number of aryl methyl sites for hydroxylation is 1. The number of ether oxygens (including phenoxy) is 1. The van der Waals surface area contributed by atoms with E-state index in [0.29, 0.717) is 13.0 Å². The molecule has 10 heteroatoms. The van der Waals surface area contributed by atoms with Gasteiger partial charge in [-0.25, -0.2) is 4.79 Å². The van der Waals surface area contributed by atoms with Gasteiger partial charge in [0, 0.05) is 22.7 Å². The molecule has 2 N–H and O–H groups in total. The van der Waals surface area contributed by atoms with E-state index >= 15 is 0 Å². The summed E-state index contributed by atoms with van der Waals surface area (Å²) >= 11 is 3.42. The fraction of sp³-hybridized carbons (Fsp3) is 0.577. The van der Waals surface area contributed by atoms with Gasteiger partial charge in [-0.3, -0.25) is 0 Å². The van der Waals surface area contributed by atoms with E-state index < -0.39 is 20.0 Å². The second kappa shape index (κ2) is 11.2. The van der Waals surface area contributed by atoms with Gasteiger partial charge in [-0.15, -0.1) is 27.8 Å². The van der Waals surface area contributed by atoms with E-state index in [-0.39, 0.29) is 11.1 Å². The van der Waals surface area contributed by atoms with Crippen molar-refractivity contribution >= 4 is 53.0 Å². The van der Waals surface area contributed by atoms with E-state index in [2.05, 4.69) is 79.1 Å². The Bertz CT molecular complexity index is 1160. The first kappa shape index (κ1) is 28.6. The van der Waals surface area contributed by atoms with Crippen LogP contribution in [-0.4, -0.2) is 42.9 Å². The fourth-order valence-electron chi connectivity index (χ4n) is 3.35. The summed E-state index contributed by atoms with van der Waals surface area (Å²) in [7, 11) is -1.99. The van der Waals surface area contributed by atoms with E-state index in [4.69, 9.17) is 9.16 Å². The second-order valence-corrected chi connectivity index (χ2v) is 18.6. The number of anilines is 1. The van der Waals surface area contributed by atoms with Crippen LogP contribution in [0.25, 0.3) is 10.2 Å². The normalized spacial score (nSPS) is 13.6. The van der Waals surface area contributed by atoms with Crippen LogP contribution >= 0.6 is 22.7 Å². The van der Waals surface area contributed by atoms with Gasteiger partial charge in [0.2, 0.25) is 0 Å². The maximum Gasteiger partial charge on any atom is 0.407 e. The number of hydrogen-bond acceptors (Lipinski definition) is 8. The Kier molecular flexibility index (Phi) is 8.85. The van der Waals surface area contributed by atoms with Gasteiger partial charge in [0.1, 0.15) is 11.1 Å². The number of aromatic nitrogens is 2. The van der Waals surface area contributed by atoms with Gasteiger partial charge in [-0.05, 0) is 62.8 Å². The zero-order chi connectivity index (χ0) is 26.7. The van der Waals surface area contributed by atoms with Crippen LogP contribution in [0.4, 0.5) is 10.5 Å². The van der Waals surface area contributed by atoms with Gasteiger partial charge in [0.25, 0.3) is 0 Å². The summed E-state index contributed by atoms with van der Waals surface area (Å²) in [6, 6.07) is 3.94. The van der Waals surface area contributed by atoms with Crippen LogP contribution in [0.5, 0.6) is 0 Å². The van der Waals surface area contributed by atoms with E-state index in [1.54, 1.807) is 28.9 Å². The topological polar surface area (TPSA) is 85.4 Å². The Morgan fingerprint density at radius 2 is 1.92 bits per heavy atom. The van der Waals surface area contributed by atoms with Gasteiger partial charge < -0.3 is 19.8 Å². The molecule has 1 unspecified atom stereocenters. The standard InChI is InChI=1S/C26H40N4O3S2Si/c1-17-21(35-23-20(15-28-30-22(17)23)27-14-19-11-10-12-34-19)13-18(29-24(31)33-25(2,3)4)16-32-36(8,9)26(5,6)7/h10-12,15,18H,13-14,16H2,1-9H3,(H,27,30)(H,29,31). The second-order valence-electron chi connectivity index (χ2n) is 11.6. The number of alkyl carbamates (subject to hydrolysis) is 1. The summed E-state index contributed by atoms with van der Waals surface area (Å²) in [5.41, 5.74) is 2.39. The molecule has 0 aliphatic rings. The number of rotatable bonds is 9. The van der Waals surface area contributed by atoms with Crippen molar-refractivity contribution < 1.29 is 14.0 Å². The minimum atomic E-state index is -1.99. The summed E-state index contributed by atoms with van der Waals surface area (Å²) in [5, 5.41) is 17.4. The van der Waals surface area contributed by atoms with E-state index in [1.807, 2.05) is 20.8 Å². The van der Waals surface area contributed by atoms with Crippen LogP contribution in [0.1, 0.15) is 56.9 Å². The van der Waals surface area contributed by atoms with Crippen molar-refractivity contribution in [3.05, 3.63) is 39.0 Å². The zero-order valence-electron chi connectivity index (χ0n) is 22.9. The van der Waals surface area contributed by atoms with E-state index in [1.165, 1.54) is 4.88 Å². The zero-order valence-corrected chi connectivity index (χ0v) is 25.6. The molecule has 3 heterocycles. The third-order valence-electron chi connectivity index (χ3n) is 6.44. The number of fused-ring (bicyclic) bond motifs is 1. The molecule has 1 atom stereocenters. The summed E-state index contributed by atoms with van der Waals surface area (Å²) < 4.78 is 13.1. The smallest absolute Gasteiger partial charge is 0.407 e. The van der Waals surface area contributed by atoms with Crippen LogP contribution in [0.3, 0.4) is 0 Å². The fourth-order valence-corrected chi connectivity index (χ4v) is 6.35. The van der Waals surface area contributed by atoms with Gasteiger partial charge in [-0.2, -0.15) is 5.10 Å². The molecular formula is C26H40N4O3S2Si. The SMILES string of the molecule is Cc1c(CC(CO[Si](C)(C)C(C)(C)C)NC(=O)OC(C)(C)C)sc2c(NCc3cccs3)cnnc12. The lowest BCUT2D eigenvalue weighted by Crippen LogP contribution is -2.48. The largest absolute Gasteiger partial charge is 0.444 e. The maximum atomic E-state index is 12.7. The Hall–Kier alpha value is -2.01. The quantitative estimate of drug-likeness (QED) is 0.277. The third kappa shape index (κ3) is 7.50. The third-order valence-corrected chi connectivity index (χ3v) is 13.2. The minimum absolute atomic E-state index is 0.0791. The number of thiophene rings is 2. The number of amides is 1. The highest BCUT2D eigenvalue weighted by atomic mass is 32.1. The summed E-state index contributed by atoms with van der Waals surface area (Å²) in [6.45, 7) is 20.0. The van der Waals surface area contributed by atoms with Crippen LogP contribution in [0.15, 0.2) is 23.7 Å². The molecule has 0 aliphatic heterocycles. The lowest BCUT2D eigenvalue weighted by atomic mass is 10.1. The molecule has 0 aromatic carbocycles. The average Bonchev–Trinajstić information content (AvgIpc) is 3.37. The number of hydrogen-bond donors (Lipinski definition) is 2. The molecule has 3 aromatic rings. The van der Waals surface area contributed by atoms with Crippen molar-refractivity contribution in [2.24, 2.45) is 0 Å². The van der Waals surface area contributed by atoms with E-state index in [9.17, 15) is 4.79 Å².